The number of aromatic hydroxyl groups is 2. The molecular weight excluding hydrogens is 1130 g/mol. The molecular formula is C62H73N7O18. The number of fused-ring (bicyclic) bond motifs is 3. The van der Waals surface area contributed by atoms with Crippen LogP contribution in [-0.4, -0.2) is 177 Å². The van der Waals surface area contributed by atoms with Crippen molar-refractivity contribution in [3.63, 3.8) is 0 Å². The van der Waals surface area contributed by atoms with Crippen LogP contribution in [0.2, 0.25) is 0 Å². The first-order valence-electron chi connectivity index (χ1n) is 28.8. The Kier molecular flexibility index (Phi) is 20.6. The first kappa shape index (κ1) is 64.4. The molecule has 0 spiro atoms. The van der Waals surface area contributed by atoms with Crippen molar-refractivity contribution in [1.29, 1.82) is 0 Å². The summed E-state index contributed by atoms with van der Waals surface area (Å²) in [5.41, 5.74) is -3.40. The van der Waals surface area contributed by atoms with Gasteiger partial charge in [-0.3, -0.25) is 47.9 Å². The van der Waals surface area contributed by atoms with E-state index in [0.29, 0.717) is 24.0 Å². The molecule has 0 unspecified atom stereocenters. The first-order chi connectivity index (χ1) is 41.4. The Morgan fingerprint density at radius 1 is 0.770 bits per heavy atom. The third-order valence-electron chi connectivity index (χ3n) is 16.1. The van der Waals surface area contributed by atoms with Crippen molar-refractivity contribution in [3.05, 3.63) is 123 Å². The molecule has 4 aromatic rings. The van der Waals surface area contributed by atoms with E-state index in [0.717, 1.165) is 0 Å². The number of Topliss-reactive ketones (excluding diaryl/α,β-unsaturated/α-hetero) is 1. The quantitative estimate of drug-likeness (QED) is 0.0394. The Labute approximate surface area is 500 Å². The van der Waals surface area contributed by atoms with Gasteiger partial charge in [0.05, 0.1) is 55.1 Å². The van der Waals surface area contributed by atoms with Crippen LogP contribution in [0.4, 0.5) is 0 Å². The summed E-state index contributed by atoms with van der Waals surface area (Å²) in [4.78, 5) is 138. The fourth-order valence-corrected chi connectivity index (χ4v) is 11.7. The molecule has 4 aliphatic rings. The van der Waals surface area contributed by atoms with Crippen molar-refractivity contribution in [2.75, 3.05) is 33.4 Å². The van der Waals surface area contributed by atoms with Crippen LogP contribution < -0.4 is 36.6 Å². The number of nitrogens with one attached hydrogen (secondary N) is 6. The number of phenols is 2. The van der Waals surface area contributed by atoms with Crippen LogP contribution in [0.3, 0.4) is 0 Å². The topological polar surface area (TPSA) is 375 Å². The number of ketones is 3. The van der Waals surface area contributed by atoms with Gasteiger partial charge >= 0.3 is 0 Å². The largest absolute Gasteiger partial charge is 0.507 e. The summed E-state index contributed by atoms with van der Waals surface area (Å²) in [6, 6.07) is 15.5. The summed E-state index contributed by atoms with van der Waals surface area (Å²) >= 11 is 0. The number of benzene rings is 4. The Balaban J connectivity index is 0.998. The molecule has 2 aliphatic carbocycles. The van der Waals surface area contributed by atoms with E-state index in [-0.39, 0.29) is 72.7 Å². The van der Waals surface area contributed by atoms with Crippen LogP contribution in [0, 0.1) is 5.92 Å². The highest BCUT2D eigenvalue weighted by molar-refractivity contribution is 6.31. The SMILES string of the molecule is COc1cccc2c1C(=O)c1c(O)c3c(c(O)c1C2=O)C[C@@](O)(C(=O)CO)C[C@@H]3O[C@H]1C[C@H](NC(=O)[C@H](Cc2ccccc2)NC(=O)[C@H](Cc2ccccc2)NC(=O)CNC(=O)[C@H](CC(C)C)NC(=O)[C@@H]2CCCN2C(=O)CNC(C)=O)[C@H](O)[C@H](C)O1. The lowest BCUT2D eigenvalue weighted by Gasteiger charge is -2.43. The van der Waals surface area contributed by atoms with E-state index in [4.69, 9.17) is 14.2 Å². The van der Waals surface area contributed by atoms with Gasteiger partial charge in [0.25, 0.3) is 0 Å². The first-order valence-corrected chi connectivity index (χ1v) is 28.8. The minimum Gasteiger partial charge on any atom is -0.507 e. The van der Waals surface area contributed by atoms with Crippen LogP contribution >= 0.6 is 0 Å². The van der Waals surface area contributed by atoms with E-state index in [1.807, 2.05) is 13.8 Å². The molecule has 2 aliphatic heterocycles. The summed E-state index contributed by atoms with van der Waals surface area (Å²) in [6.45, 7) is 4.57. The Morgan fingerprint density at radius 3 is 2.03 bits per heavy atom. The molecule has 10 atom stereocenters. The average molecular weight is 1200 g/mol. The van der Waals surface area contributed by atoms with E-state index in [9.17, 15) is 73.5 Å². The van der Waals surface area contributed by atoms with Gasteiger partial charge in [0.2, 0.25) is 47.1 Å². The highest BCUT2D eigenvalue weighted by Crippen LogP contribution is 2.52. The number of hydrogen-bond acceptors (Lipinski definition) is 18. The van der Waals surface area contributed by atoms with Crippen molar-refractivity contribution in [2.45, 2.75) is 139 Å². The van der Waals surface area contributed by atoms with Gasteiger partial charge in [-0.25, -0.2) is 0 Å². The lowest BCUT2D eigenvalue weighted by atomic mass is 9.72. The highest BCUT2D eigenvalue weighted by atomic mass is 16.7. The van der Waals surface area contributed by atoms with Gasteiger partial charge in [-0.1, -0.05) is 86.6 Å². The number of methoxy groups -OCH3 is 1. The Bertz CT molecular complexity index is 3310. The van der Waals surface area contributed by atoms with Crippen LogP contribution in [0.25, 0.3) is 0 Å². The number of carbonyl (C=O) groups excluding carboxylic acids is 10. The number of rotatable bonds is 23. The van der Waals surface area contributed by atoms with Crippen LogP contribution in [-0.2, 0) is 67.1 Å². The van der Waals surface area contributed by atoms with Gasteiger partial charge in [0, 0.05) is 62.3 Å². The van der Waals surface area contributed by atoms with Crippen LogP contribution in [0.15, 0.2) is 78.9 Å². The minimum absolute atomic E-state index is 0.00588. The second kappa shape index (κ2) is 27.8. The van der Waals surface area contributed by atoms with E-state index in [1.54, 1.807) is 60.7 Å². The van der Waals surface area contributed by atoms with E-state index in [1.165, 1.54) is 44.1 Å². The molecule has 2 fully saturated rings. The zero-order chi connectivity index (χ0) is 63.0. The fraction of sp³-hybridized carbons (Fsp3) is 0.452. The molecule has 0 aromatic heterocycles. The number of ether oxygens (including phenoxy) is 3. The second-order valence-electron chi connectivity index (χ2n) is 22.7. The second-order valence-corrected chi connectivity index (χ2v) is 22.7. The van der Waals surface area contributed by atoms with Gasteiger partial charge < -0.3 is 76.5 Å². The summed E-state index contributed by atoms with van der Waals surface area (Å²) in [6.07, 6.45) is -6.58. The predicted molar refractivity (Wildman–Crippen MR) is 308 cm³/mol. The number of phenolic OH excluding ortho intramolecular Hbond substituents is 2. The summed E-state index contributed by atoms with van der Waals surface area (Å²) in [5, 5.41) is 73.3. The van der Waals surface area contributed by atoms with Crippen LogP contribution in [0.1, 0.15) is 120 Å². The zero-order valence-corrected chi connectivity index (χ0v) is 48.8. The Hall–Kier alpha value is -8.62. The molecule has 25 nitrogen and oxygen atoms in total. The van der Waals surface area contributed by atoms with Gasteiger partial charge in [-0.05, 0) is 49.3 Å². The maximum absolute atomic E-state index is 14.7. The number of hydrogen-bond donors (Lipinski definition) is 11. The molecule has 8 rings (SSSR count). The standard InChI is InChI=1S/C62H73N7O18/c1-31(2)22-39(68-61(83)42-19-13-21-69(42)47(74)29-63-33(4)71)58(80)64-28-46(73)65-40(23-34-14-8-6-9-15-34)59(81)67-41(24-35-16-10-7-11-17-35)60(82)66-38-25-48(86-32(3)53(38)75)87-44-27-62(84,45(72)30-70)26-37-50(44)57(79)52-51(55(37)77)54(76)36-18-12-20-43(85-5)49(36)56(52)78/h6-12,14-18,20,31-32,38-42,44,48,53,70,75,77,79,84H,13,19,21-30H2,1-5H3,(H,63,71)(H,64,80)(H,65,73)(H,66,82)(H,67,81)(H,68,83)/t32-,38-,39-,40-,41-,42-,44-,48-,53+,62-/m0/s1. The number of nitrogens with zero attached hydrogens (tertiary/aromatic N) is 1. The average Bonchev–Trinajstić information content (AvgIpc) is 1.12. The number of likely N-dealkylation sites (tertiary alicyclic amines) is 1. The van der Waals surface area contributed by atoms with E-state index >= 15 is 0 Å². The minimum atomic E-state index is -2.47. The third kappa shape index (κ3) is 14.6. The summed E-state index contributed by atoms with van der Waals surface area (Å²) in [5.74, 6) is -9.18. The molecule has 2 heterocycles. The number of carbonyl (C=O) groups is 10. The number of aliphatic hydroxyl groups is 3. The predicted octanol–water partition coefficient (Wildman–Crippen LogP) is 0.388. The molecule has 0 radical (unpaired) electrons. The van der Waals surface area contributed by atoms with Gasteiger partial charge in [0.15, 0.2) is 17.9 Å². The molecule has 25 heteroatoms. The zero-order valence-electron chi connectivity index (χ0n) is 48.8. The normalized spacial score (nSPS) is 22.3. The van der Waals surface area contributed by atoms with Crippen molar-refractivity contribution in [2.24, 2.45) is 5.92 Å². The van der Waals surface area contributed by atoms with Crippen molar-refractivity contribution in [3.8, 4) is 17.2 Å². The maximum Gasteiger partial charge on any atom is 0.243 e. The molecule has 7 amide bonds. The number of amides is 7. The number of aliphatic hydroxyl groups excluding tert-OH is 2. The molecule has 0 saturated carbocycles. The van der Waals surface area contributed by atoms with Gasteiger partial charge in [-0.2, -0.15) is 0 Å². The van der Waals surface area contributed by atoms with Crippen molar-refractivity contribution in [1.82, 2.24) is 36.8 Å². The third-order valence-corrected chi connectivity index (χ3v) is 16.1. The lowest BCUT2D eigenvalue weighted by Crippen LogP contribution is -2.60. The van der Waals surface area contributed by atoms with Gasteiger partial charge in [-0.15, -0.1) is 0 Å². The van der Waals surface area contributed by atoms with E-state index in [2.05, 4.69) is 31.9 Å². The monoisotopic (exact) mass is 1200 g/mol. The van der Waals surface area contributed by atoms with Crippen LogP contribution in [0.5, 0.6) is 17.2 Å². The molecule has 87 heavy (non-hydrogen) atoms. The lowest BCUT2D eigenvalue weighted by molar-refractivity contribution is -0.249. The molecule has 11 N–H and O–H groups in total. The van der Waals surface area contributed by atoms with E-state index < -0.39 is 168 Å². The summed E-state index contributed by atoms with van der Waals surface area (Å²) in [7, 11) is 1.28. The van der Waals surface area contributed by atoms with Gasteiger partial charge in [0.1, 0.15) is 59.7 Å². The molecule has 4 aromatic carbocycles. The fourth-order valence-electron chi connectivity index (χ4n) is 11.7. The molecule has 0 bridgehead atoms. The molecule has 2 saturated heterocycles. The highest BCUT2D eigenvalue weighted by Gasteiger charge is 2.51. The smallest absolute Gasteiger partial charge is 0.243 e. The maximum atomic E-state index is 14.7. The van der Waals surface area contributed by atoms with Crippen molar-refractivity contribution >= 4 is 58.7 Å². The van der Waals surface area contributed by atoms with Crippen molar-refractivity contribution < 1.29 is 87.7 Å². The molecule has 464 valence electrons. The Morgan fingerprint density at radius 2 is 1.41 bits per heavy atom. The summed E-state index contributed by atoms with van der Waals surface area (Å²) < 4.78 is 17.8.